The van der Waals surface area contributed by atoms with E-state index in [1.165, 1.54) is 18.3 Å². The maximum Gasteiger partial charge on any atom is 0.341 e. The molecular formula is C22H26N2O4S. The SMILES string of the molecule is CC(=O)Nc1sc2c(c1C(=O)OCC(=O)c1cc(C)n(C3CC3)c1C)CCCC2. The summed E-state index contributed by atoms with van der Waals surface area (Å²) in [6.45, 7) is 5.08. The number of ether oxygens (including phenoxy) is 1. The molecule has 2 aliphatic carbocycles. The molecule has 0 unspecified atom stereocenters. The number of ketones is 1. The van der Waals surface area contributed by atoms with E-state index in [0.717, 1.165) is 60.4 Å². The van der Waals surface area contributed by atoms with Gasteiger partial charge in [0, 0.05) is 34.8 Å². The molecule has 4 rings (SSSR count). The van der Waals surface area contributed by atoms with Crippen LogP contribution in [0.5, 0.6) is 0 Å². The maximum atomic E-state index is 12.9. The van der Waals surface area contributed by atoms with Crippen molar-refractivity contribution in [3.63, 3.8) is 0 Å². The molecule has 1 N–H and O–H groups in total. The van der Waals surface area contributed by atoms with E-state index in [2.05, 4.69) is 9.88 Å². The van der Waals surface area contributed by atoms with Crippen LogP contribution in [0.25, 0.3) is 0 Å². The molecular weight excluding hydrogens is 388 g/mol. The number of anilines is 1. The quantitative estimate of drug-likeness (QED) is 0.562. The Balaban J connectivity index is 1.51. The third-order valence-electron chi connectivity index (χ3n) is 5.70. The highest BCUT2D eigenvalue weighted by atomic mass is 32.1. The normalized spacial score (nSPS) is 15.7. The van der Waals surface area contributed by atoms with E-state index < -0.39 is 5.97 Å². The molecule has 0 atom stereocenters. The minimum Gasteiger partial charge on any atom is -0.454 e. The summed E-state index contributed by atoms with van der Waals surface area (Å²) in [5.41, 5.74) is 4.03. The van der Waals surface area contributed by atoms with Crippen molar-refractivity contribution in [1.82, 2.24) is 4.57 Å². The maximum absolute atomic E-state index is 12.9. The van der Waals surface area contributed by atoms with Crippen molar-refractivity contribution in [2.75, 3.05) is 11.9 Å². The number of esters is 1. The predicted molar refractivity (Wildman–Crippen MR) is 112 cm³/mol. The van der Waals surface area contributed by atoms with Gasteiger partial charge in [0.15, 0.2) is 6.61 Å². The van der Waals surface area contributed by atoms with Crippen LogP contribution in [0, 0.1) is 13.8 Å². The van der Waals surface area contributed by atoms with Gasteiger partial charge in [0.1, 0.15) is 5.00 Å². The van der Waals surface area contributed by atoms with E-state index in [4.69, 9.17) is 4.74 Å². The average Bonchev–Trinajstić information content (AvgIpc) is 3.36. The molecule has 1 saturated carbocycles. The van der Waals surface area contributed by atoms with Crippen molar-refractivity contribution in [1.29, 1.82) is 0 Å². The Morgan fingerprint density at radius 2 is 1.93 bits per heavy atom. The van der Waals surface area contributed by atoms with Gasteiger partial charge in [-0.3, -0.25) is 9.59 Å². The fourth-order valence-electron chi connectivity index (χ4n) is 4.26. The molecule has 29 heavy (non-hydrogen) atoms. The van der Waals surface area contributed by atoms with Gasteiger partial charge in [-0.1, -0.05) is 0 Å². The van der Waals surface area contributed by atoms with Crippen LogP contribution in [0.2, 0.25) is 0 Å². The number of hydrogen-bond donors (Lipinski definition) is 1. The van der Waals surface area contributed by atoms with Crippen LogP contribution in [-0.4, -0.2) is 28.8 Å². The number of carbonyl (C=O) groups is 3. The highest BCUT2D eigenvalue weighted by molar-refractivity contribution is 7.17. The van der Waals surface area contributed by atoms with Gasteiger partial charge in [0.25, 0.3) is 0 Å². The first kappa shape index (κ1) is 19.9. The van der Waals surface area contributed by atoms with Gasteiger partial charge < -0.3 is 14.6 Å². The Morgan fingerprint density at radius 1 is 1.21 bits per heavy atom. The number of Topliss-reactive ketones (excluding diaryl/α,β-unsaturated/α-hetero) is 1. The lowest BCUT2D eigenvalue weighted by Gasteiger charge is -2.12. The third kappa shape index (κ3) is 3.88. The standard InChI is InChI=1S/C22H26N2O4S/c1-12-10-17(13(2)24(12)15-8-9-15)18(26)11-28-22(27)20-16-6-4-5-7-19(16)29-21(20)23-14(3)25/h10,15H,4-9,11H2,1-3H3,(H,23,25). The average molecular weight is 415 g/mol. The Kier molecular flexibility index (Phi) is 5.34. The van der Waals surface area contributed by atoms with Gasteiger partial charge in [-0.05, 0) is 64.0 Å². The Labute approximate surface area is 174 Å². The summed E-state index contributed by atoms with van der Waals surface area (Å²) in [6.07, 6.45) is 6.09. The van der Waals surface area contributed by atoms with Crippen LogP contribution in [0.4, 0.5) is 5.00 Å². The van der Waals surface area contributed by atoms with Crippen molar-refractivity contribution < 1.29 is 19.1 Å². The van der Waals surface area contributed by atoms with Gasteiger partial charge in [-0.15, -0.1) is 11.3 Å². The Morgan fingerprint density at radius 3 is 2.62 bits per heavy atom. The smallest absolute Gasteiger partial charge is 0.341 e. The van der Waals surface area contributed by atoms with Gasteiger partial charge in [0.05, 0.1) is 5.56 Å². The van der Waals surface area contributed by atoms with Crippen molar-refractivity contribution in [2.45, 2.75) is 65.3 Å². The van der Waals surface area contributed by atoms with Crippen molar-refractivity contribution in [3.05, 3.63) is 39.0 Å². The van der Waals surface area contributed by atoms with E-state index in [0.29, 0.717) is 22.2 Å². The molecule has 154 valence electrons. The molecule has 2 heterocycles. The number of carbonyl (C=O) groups excluding carboxylic acids is 3. The Hall–Kier alpha value is -2.41. The van der Waals surface area contributed by atoms with Gasteiger partial charge in [-0.2, -0.15) is 0 Å². The number of nitrogens with zero attached hydrogens (tertiary/aromatic N) is 1. The first-order valence-electron chi connectivity index (χ1n) is 10.2. The molecule has 2 aromatic rings. The van der Waals surface area contributed by atoms with E-state index >= 15 is 0 Å². The third-order valence-corrected chi connectivity index (χ3v) is 6.90. The summed E-state index contributed by atoms with van der Waals surface area (Å²) in [4.78, 5) is 38.3. The summed E-state index contributed by atoms with van der Waals surface area (Å²) < 4.78 is 7.64. The van der Waals surface area contributed by atoms with E-state index in [-0.39, 0.29) is 18.3 Å². The molecule has 6 nitrogen and oxygen atoms in total. The summed E-state index contributed by atoms with van der Waals surface area (Å²) in [5, 5.41) is 3.30. The molecule has 7 heteroatoms. The largest absolute Gasteiger partial charge is 0.454 e. The summed E-state index contributed by atoms with van der Waals surface area (Å²) in [7, 11) is 0. The summed E-state index contributed by atoms with van der Waals surface area (Å²) >= 11 is 1.45. The number of fused-ring (bicyclic) bond motifs is 1. The van der Waals surface area contributed by atoms with Crippen molar-refractivity contribution in [3.8, 4) is 0 Å². The second kappa shape index (κ2) is 7.78. The number of aryl methyl sites for hydroxylation is 2. The molecule has 0 aromatic carbocycles. The summed E-state index contributed by atoms with van der Waals surface area (Å²) in [6, 6.07) is 2.38. The molecule has 0 spiro atoms. The van der Waals surface area contributed by atoms with Crippen LogP contribution in [0.1, 0.15) is 81.2 Å². The fraction of sp³-hybridized carbons (Fsp3) is 0.500. The van der Waals surface area contributed by atoms with Crippen LogP contribution in [0.15, 0.2) is 6.07 Å². The highest BCUT2D eigenvalue weighted by Crippen LogP contribution is 2.39. The Bertz CT molecular complexity index is 997. The van der Waals surface area contributed by atoms with Crippen LogP contribution in [-0.2, 0) is 22.4 Å². The molecule has 0 aliphatic heterocycles. The van der Waals surface area contributed by atoms with E-state index in [1.807, 2.05) is 19.9 Å². The molecule has 0 radical (unpaired) electrons. The molecule has 1 amide bonds. The van der Waals surface area contributed by atoms with Crippen LogP contribution in [0.3, 0.4) is 0 Å². The second-order valence-corrected chi connectivity index (χ2v) is 9.09. The summed E-state index contributed by atoms with van der Waals surface area (Å²) in [5.74, 6) is -0.942. The number of thiophene rings is 1. The zero-order valence-corrected chi connectivity index (χ0v) is 17.9. The van der Waals surface area contributed by atoms with Crippen molar-refractivity contribution >= 4 is 34.0 Å². The first-order valence-corrected chi connectivity index (χ1v) is 11.0. The number of hydrogen-bond acceptors (Lipinski definition) is 5. The van der Waals surface area contributed by atoms with Crippen LogP contribution >= 0.6 is 11.3 Å². The number of rotatable bonds is 6. The molecule has 2 aromatic heterocycles. The first-order chi connectivity index (χ1) is 13.9. The van der Waals surface area contributed by atoms with Gasteiger partial charge in [-0.25, -0.2) is 4.79 Å². The molecule has 1 fully saturated rings. The minimum atomic E-state index is -0.530. The lowest BCUT2D eigenvalue weighted by atomic mass is 9.95. The lowest BCUT2D eigenvalue weighted by molar-refractivity contribution is -0.114. The van der Waals surface area contributed by atoms with Gasteiger partial charge in [0.2, 0.25) is 11.7 Å². The zero-order valence-electron chi connectivity index (χ0n) is 17.1. The fourth-order valence-corrected chi connectivity index (χ4v) is 5.59. The highest BCUT2D eigenvalue weighted by Gasteiger charge is 2.30. The molecule has 0 saturated heterocycles. The number of aromatic nitrogens is 1. The number of nitrogens with one attached hydrogen (secondary N) is 1. The molecule has 2 aliphatic rings. The monoisotopic (exact) mass is 414 g/mol. The molecule has 0 bridgehead atoms. The minimum absolute atomic E-state index is 0.191. The zero-order chi connectivity index (χ0) is 20.7. The topological polar surface area (TPSA) is 77.4 Å². The van der Waals surface area contributed by atoms with Crippen molar-refractivity contribution in [2.24, 2.45) is 0 Å². The van der Waals surface area contributed by atoms with Gasteiger partial charge >= 0.3 is 5.97 Å². The predicted octanol–water partition coefficient (Wildman–Crippen LogP) is 4.38. The van der Waals surface area contributed by atoms with Crippen LogP contribution < -0.4 is 5.32 Å². The second-order valence-electron chi connectivity index (χ2n) is 7.98. The van der Waals surface area contributed by atoms with E-state index in [1.54, 1.807) is 0 Å². The number of amides is 1. The lowest BCUT2D eigenvalue weighted by Crippen LogP contribution is -2.18. The van der Waals surface area contributed by atoms with E-state index in [9.17, 15) is 14.4 Å².